The second-order valence-corrected chi connectivity index (χ2v) is 4.22. The van der Waals surface area contributed by atoms with Crippen LogP contribution in [0.25, 0.3) is 0 Å². The fourth-order valence-electron chi connectivity index (χ4n) is 1.45. The van der Waals surface area contributed by atoms with Gasteiger partial charge in [-0.1, -0.05) is 24.4 Å². The van der Waals surface area contributed by atoms with Gasteiger partial charge in [-0.2, -0.15) is 0 Å². The van der Waals surface area contributed by atoms with Crippen LogP contribution in [0.2, 0.25) is 0 Å². The highest BCUT2D eigenvalue weighted by Gasteiger charge is 1.99. The Labute approximate surface area is 110 Å². The first-order valence-corrected chi connectivity index (χ1v) is 5.80. The number of pyridine rings is 1. The molecule has 0 saturated carbocycles. The lowest BCUT2D eigenvalue weighted by Gasteiger charge is -2.06. The van der Waals surface area contributed by atoms with Gasteiger partial charge >= 0.3 is 0 Å². The van der Waals surface area contributed by atoms with E-state index in [0.717, 1.165) is 11.3 Å². The van der Waals surface area contributed by atoms with E-state index >= 15 is 0 Å². The molecule has 0 spiro atoms. The van der Waals surface area contributed by atoms with Crippen LogP contribution in [0.4, 0.5) is 10.1 Å². The number of halogens is 1. The fourth-order valence-corrected chi connectivity index (χ4v) is 1.57. The monoisotopic (exact) mass is 261 g/mol. The zero-order valence-electron chi connectivity index (χ0n) is 9.56. The molecule has 2 rings (SSSR count). The van der Waals surface area contributed by atoms with Gasteiger partial charge in [0, 0.05) is 6.54 Å². The summed E-state index contributed by atoms with van der Waals surface area (Å²) < 4.78 is 12.7. The number of rotatable bonds is 4. The van der Waals surface area contributed by atoms with E-state index in [0.29, 0.717) is 12.2 Å². The first-order valence-electron chi connectivity index (χ1n) is 5.39. The Morgan fingerprint density at radius 3 is 2.50 bits per heavy atom. The van der Waals surface area contributed by atoms with Gasteiger partial charge in [0.25, 0.3) is 0 Å². The molecule has 0 aliphatic carbocycles. The molecule has 3 nitrogen and oxygen atoms in total. The summed E-state index contributed by atoms with van der Waals surface area (Å²) in [4.78, 5) is 4.39. The molecule has 1 aromatic carbocycles. The number of benzene rings is 1. The molecule has 2 aromatic rings. The first-order chi connectivity index (χ1) is 8.65. The van der Waals surface area contributed by atoms with Crippen LogP contribution in [0, 0.1) is 5.82 Å². The maximum atomic E-state index is 12.7. The third-order valence-electron chi connectivity index (χ3n) is 2.43. The highest BCUT2D eigenvalue weighted by atomic mass is 32.1. The Kier molecular flexibility index (Phi) is 3.84. The Morgan fingerprint density at radius 2 is 1.94 bits per heavy atom. The molecular formula is C13H12FN3S. The Morgan fingerprint density at radius 1 is 1.22 bits per heavy atom. The molecule has 0 fully saturated rings. The third kappa shape index (κ3) is 3.24. The lowest BCUT2D eigenvalue weighted by molar-refractivity contribution is 0.627. The number of thiocarbonyl (C=S) groups is 1. The Bertz CT molecular complexity index is 537. The number of nitrogens with one attached hydrogen (secondary N) is 1. The van der Waals surface area contributed by atoms with Crippen LogP contribution in [0.1, 0.15) is 11.3 Å². The first kappa shape index (κ1) is 12.4. The summed E-state index contributed by atoms with van der Waals surface area (Å²) >= 11 is 4.82. The number of nitrogens with zero attached hydrogens (tertiary/aromatic N) is 1. The number of aromatic nitrogens is 1. The van der Waals surface area contributed by atoms with E-state index in [4.69, 9.17) is 18.0 Å². The highest BCUT2D eigenvalue weighted by molar-refractivity contribution is 7.80. The number of nitrogens with two attached hydrogens (primary N) is 1. The van der Waals surface area contributed by atoms with Crippen LogP contribution in [0.5, 0.6) is 0 Å². The summed E-state index contributed by atoms with van der Waals surface area (Å²) in [6.45, 7) is 0.606. The van der Waals surface area contributed by atoms with Crippen molar-refractivity contribution in [3.63, 3.8) is 0 Å². The molecule has 0 bridgehead atoms. The van der Waals surface area contributed by atoms with Gasteiger partial charge in [0.2, 0.25) is 0 Å². The van der Waals surface area contributed by atoms with Crippen molar-refractivity contribution in [2.75, 3.05) is 5.32 Å². The molecule has 18 heavy (non-hydrogen) atoms. The highest BCUT2D eigenvalue weighted by Crippen LogP contribution is 2.09. The van der Waals surface area contributed by atoms with Crippen LogP contribution >= 0.6 is 12.2 Å². The van der Waals surface area contributed by atoms with Gasteiger partial charge in [-0.25, -0.2) is 4.39 Å². The number of hydrogen-bond donors (Lipinski definition) is 2. The van der Waals surface area contributed by atoms with Gasteiger partial charge in [-0.05, 0) is 29.8 Å². The van der Waals surface area contributed by atoms with Crippen LogP contribution in [-0.4, -0.2) is 9.97 Å². The molecule has 0 atom stereocenters. The summed E-state index contributed by atoms with van der Waals surface area (Å²) in [5, 5.41) is 3.18. The smallest absolute Gasteiger partial charge is 0.123 e. The number of anilines is 1. The SMILES string of the molecule is NC(=S)c1ccc(NCc2ccc(F)cc2)cn1. The molecule has 0 unspecified atom stereocenters. The van der Waals surface area contributed by atoms with E-state index in [2.05, 4.69) is 10.3 Å². The van der Waals surface area contributed by atoms with E-state index in [1.165, 1.54) is 12.1 Å². The zero-order valence-corrected chi connectivity index (χ0v) is 10.4. The van der Waals surface area contributed by atoms with Crippen LogP contribution < -0.4 is 11.1 Å². The van der Waals surface area contributed by atoms with Gasteiger partial charge in [0.15, 0.2) is 0 Å². The second-order valence-electron chi connectivity index (χ2n) is 3.78. The standard InChI is InChI=1S/C13H12FN3S/c14-10-3-1-9(2-4-10)7-16-11-5-6-12(13(15)18)17-8-11/h1-6,8,16H,7H2,(H2,15,18). The third-order valence-corrected chi connectivity index (χ3v) is 2.63. The van der Waals surface area contributed by atoms with Crippen molar-refractivity contribution in [1.29, 1.82) is 0 Å². The average Bonchev–Trinajstić information content (AvgIpc) is 2.38. The van der Waals surface area contributed by atoms with Crippen molar-refractivity contribution in [1.82, 2.24) is 4.98 Å². The summed E-state index contributed by atoms with van der Waals surface area (Å²) in [5.41, 5.74) is 7.91. The van der Waals surface area contributed by atoms with Crippen LogP contribution in [0.3, 0.4) is 0 Å². The molecule has 0 aliphatic heterocycles. The predicted octanol–water partition coefficient (Wildman–Crippen LogP) is 2.47. The van der Waals surface area contributed by atoms with E-state index in [9.17, 15) is 4.39 Å². The second kappa shape index (κ2) is 5.55. The summed E-state index contributed by atoms with van der Waals surface area (Å²) in [5.74, 6) is -0.235. The predicted molar refractivity (Wildman–Crippen MR) is 73.9 cm³/mol. The quantitative estimate of drug-likeness (QED) is 0.830. The van der Waals surface area contributed by atoms with Gasteiger partial charge in [-0.3, -0.25) is 4.98 Å². The summed E-state index contributed by atoms with van der Waals surface area (Å²) in [6.07, 6.45) is 1.66. The molecule has 1 aromatic heterocycles. The van der Waals surface area contributed by atoms with Crippen LogP contribution in [0.15, 0.2) is 42.6 Å². The zero-order chi connectivity index (χ0) is 13.0. The maximum Gasteiger partial charge on any atom is 0.123 e. The van der Waals surface area contributed by atoms with Crippen molar-refractivity contribution < 1.29 is 4.39 Å². The maximum absolute atomic E-state index is 12.7. The van der Waals surface area contributed by atoms with E-state index in [-0.39, 0.29) is 10.8 Å². The molecule has 5 heteroatoms. The normalized spacial score (nSPS) is 10.1. The lowest BCUT2D eigenvalue weighted by atomic mass is 10.2. The van der Waals surface area contributed by atoms with Gasteiger partial charge in [0.05, 0.1) is 17.6 Å². The van der Waals surface area contributed by atoms with Crippen molar-refractivity contribution in [2.45, 2.75) is 6.54 Å². The van der Waals surface area contributed by atoms with Gasteiger partial charge < -0.3 is 11.1 Å². The minimum atomic E-state index is -0.235. The largest absolute Gasteiger partial charge is 0.388 e. The molecule has 0 saturated heterocycles. The summed E-state index contributed by atoms with van der Waals surface area (Å²) in [6, 6.07) is 9.95. The lowest BCUT2D eigenvalue weighted by Crippen LogP contribution is -2.11. The van der Waals surface area contributed by atoms with Crippen molar-refractivity contribution >= 4 is 22.9 Å². The van der Waals surface area contributed by atoms with Crippen molar-refractivity contribution in [2.24, 2.45) is 5.73 Å². The van der Waals surface area contributed by atoms with E-state index < -0.39 is 0 Å². The average molecular weight is 261 g/mol. The fraction of sp³-hybridized carbons (Fsp3) is 0.0769. The van der Waals surface area contributed by atoms with E-state index in [1.54, 1.807) is 24.4 Å². The van der Waals surface area contributed by atoms with Crippen molar-refractivity contribution in [3.8, 4) is 0 Å². The topological polar surface area (TPSA) is 50.9 Å². The minimum Gasteiger partial charge on any atom is -0.388 e. The van der Waals surface area contributed by atoms with Gasteiger partial charge in [-0.15, -0.1) is 0 Å². The Hall–Kier alpha value is -2.01. The van der Waals surface area contributed by atoms with Crippen molar-refractivity contribution in [3.05, 3.63) is 59.7 Å². The van der Waals surface area contributed by atoms with Crippen LogP contribution in [-0.2, 0) is 6.54 Å². The van der Waals surface area contributed by atoms with E-state index in [1.807, 2.05) is 6.07 Å². The summed E-state index contributed by atoms with van der Waals surface area (Å²) in [7, 11) is 0. The molecule has 0 aliphatic rings. The number of hydrogen-bond acceptors (Lipinski definition) is 3. The molecule has 3 N–H and O–H groups in total. The Balaban J connectivity index is 1.97. The minimum absolute atomic E-state index is 0.235. The van der Waals surface area contributed by atoms with Gasteiger partial charge in [0.1, 0.15) is 10.8 Å². The molecular weight excluding hydrogens is 249 g/mol. The molecule has 92 valence electrons. The molecule has 1 heterocycles. The molecule has 0 amide bonds. The molecule has 0 radical (unpaired) electrons.